The van der Waals surface area contributed by atoms with Gasteiger partial charge in [0.05, 0.1) is 6.61 Å². The zero-order valence-corrected chi connectivity index (χ0v) is 8.06. The Hall–Kier alpha value is -1.07. The Morgan fingerprint density at radius 1 is 1.77 bits per heavy atom. The molecule has 5 heteroatoms. The maximum Gasteiger partial charge on any atom is 0.348 e. The van der Waals surface area contributed by atoms with Crippen molar-refractivity contribution >= 4 is 23.0 Å². The number of nitrogens with two attached hydrogens (primary N) is 1. The van der Waals surface area contributed by atoms with E-state index in [1.54, 1.807) is 6.07 Å². The fourth-order valence-corrected chi connectivity index (χ4v) is 1.64. The van der Waals surface area contributed by atoms with Crippen LogP contribution in [0.3, 0.4) is 0 Å². The Morgan fingerprint density at radius 2 is 2.46 bits per heavy atom. The number of anilines is 1. The zero-order valence-electron chi connectivity index (χ0n) is 7.24. The van der Waals surface area contributed by atoms with E-state index in [1.165, 1.54) is 11.3 Å². The van der Waals surface area contributed by atoms with Gasteiger partial charge in [-0.25, -0.2) is 4.79 Å². The van der Waals surface area contributed by atoms with Crippen LogP contribution in [-0.4, -0.2) is 24.3 Å². The second-order valence-electron chi connectivity index (χ2n) is 2.48. The van der Waals surface area contributed by atoms with Crippen LogP contribution in [0.25, 0.3) is 0 Å². The molecular formula is C8H11NO3S. The van der Waals surface area contributed by atoms with Crippen LogP contribution in [0.2, 0.25) is 0 Å². The van der Waals surface area contributed by atoms with E-state index in [2.05, 4.69) is 0 Å². The molecule has 1 heterocycles. The smallest absolute Gasteiger partial charge is 0.348 e. The van der Waals surface area contributed by atoms with E-state index >= 15 is 0 Å². The highest BCUT2D eigenvalue weighted by Crippen LogP contribution is 2.23. The van der Waals surface area contributed by atoms with Crippen LogP contribution in [0.1, 0.15) is 14.5 Å². The fourth-order valence-electron chi connectivity index (χ4n) is 0.806. The number of esters is 1. The van der Waals surface area contributed by atoms with Crippen molar-refractivity contribution in [3.8, 4) is 0 Å². The zero-order chi connectivity index (χ0) is 9.84. The molecule has 0 atom stereocenters. The Kier molecular flexibility index (Phi) is 3.27. The Balaban J connectivity index is 2.66. The summed E-state index contributed by atoms with van der Waals surface area (Å²) in [5.74, 6) is -0.432. The van der Waals surface area contributed by atoms with Gasteiger partial charge in [-0.1, -0.05) is 0 Å². The number of aryl methyl sites for hydroxylation is 1. The lowest BCUT2D eigenvalue weighted by Gasteiger charge is -1.98. The number of ether oxygens (including phenoxy) is 1. The number of carbonyl (C=O) groups is 1. The second-order valence-corrected chi connectivity index (χ2v) is 3.74. The summed E-state index contributed by atoms with van der Waals surface area (Å²) in [5.41, 5.74) is 6.16. The lowest BCUT2D eigenvalue weighted by atomic mass is 10.4. The van der Waals surface area contributed by atoms with Gasteiger partial charge in [-0.2, -0.15) is 0 Å². The van der Waals surface area contributed by atoms with Gasteiger partial charge in [0.25, 0.3) is 0 Å². The molecule has 0 aliphatic heterocycles. The molecule has 0 aliphatic carbocycles. The van der Waals surface area contributed by atoms with Crippen molar-refractivity contribution < 1.29 is 14.6 Å². The van der Waals surface area contributed by atoms with Crippen molar-refractivity contribution in [3.63, 3.8) is 0 Å². The van der Waals surface area contributed by atoms with Crippen LogP contribution in [0.5, 0.6) is 0 Å². The molecule has 0 fully saturated rings. The summed E-state index contributed by atoms with van der Waals surface area (Å²) in [5, 5.41) is 8.42. The third-order valence-electron chi connectivity index (χ3n) is 1.48. The fraction of sp³-hybridized carbons (Fsp3) is 0.375. The summed E-state index contributed by atoms with van der Waals surface area (Å²) in [7, 11) is 0. The van der Waals surface area contributed by atoms with Gasteiger partial charge in [-0.3, -0.25) is 0 Å². The van der Waals surface area contributed by atoms with Gasteiger partial charge in [0, 0.05) is 10.6 Å². The third-order valence-corrected chi connectivity index (χ3v) is 2.53. The number of hydrogen-bond donors (Lipinski definition) is 2. The highest BCUT2D eigenvalue weighted by Gasteiger charge is 2.11. The third kappa shape index (κ3) is 2.43. The maximum atomic E-state index is 11.2. The molecule has 4 nitrogen and oxygen atoms in total. The van der Waals surface area contributed by atoms with Crippen molar-refractivity contribution in [1.29, 1.82) is 0 Å². The Morgan fingerprint density at radius 3 is 2.92 bits per heavy atom. The highest BCUT2D eigenvalue weighted by atomic mass is 32.1. The first-order chi connectivity index (χ1) is 6.15. The molecule has 0 aromatic carbocycles. The molecule has 0 amide bonds. The van der Waals surface area contributed by atoms with E-state index in [-0.39, 0.29) is 13.2 Å². The minimum Gasteiger partial charge on any atom is -0.459 e. The highest BCUT2D eigenvalue weighted by molar-refractivity contribution is 7.14. The van der Waals surface area contributed by atoms with E-state index in [0.29, 0.717) is 10.6 Å². The summed E-state index contributed by atoms with van der Waals surface area (Å²) in [4.78, 5) is 12.6. The lowest BCUT2D eigenvalue weighted by molar-refractivity contribution is 0.0439. The van der Waals surface area contributed by atoms with E-state index in [0.717, 1.165) is 4.88 Å². The summed E-state index contributed by atoms with van der Waals surface area (Å²) < 4.78 is 4.71. The van der Waals surface area contributed by atoms with Crippen molar-refractivity contribution in [3.05, 3.63) is 15.8 Å². The first kappa shape index (κ1) is 10.0. The summed E-state index contributed by atoms with van der Waals surface area (Å²) in [6.07, 6.45) is 0. The van der Waals surface area contributed by atoms with Gasteiger partial charge in [0.1, 0.15) is 11.5 Å². The first-order valence-electron chi connectivity index (χ1n) is 3.79. The molecule has 0 saturated carbocycles. The monoisotopic (exact) mass is 201 g/mol. The molecular weight excluding hydrogens is 190 g/mol. The Bertz CT molecular complexity index is 289. The van der Waals surface area contributed by atoms with Crippen LogP contribution in [-0.2, 0) is 4.74 Å². The van der Waals surface area contributed by atoms with E-state index in [4.69, 9.17) is 15.6 Å². The molecule has 72 valence electrons. The molecule has 0 saturated heterocycles. The number of aliphatic hydroxyl groups excluding tert-OH is 1. The van der Waals surface area contributed by atoms with Gasteiger partial charge >= 0.3 is 5.97 Å². The predicted octanol–water partition coefficient (Wildman–Crippen LogP) is 0.788. The molecule has 0 aliphatic rings. The van der Waals surface area contributed by atoms with Crippen LogP contribution in [0.15, 0.2) is 6.07 Å². The topological polar surface area (TPSA) is 72.5 Å². The molecule has 3 N–H and O–H groups in total. The minimum atomic E-state index is -0.432. The van der Waals surface area contributed by atoms with Crippen molar-refractivity contribution in [2.24, 2.45) is 0 Å². The number of hydrogen-bond acceptors (Lipinski definition) is 5. The van der Waals surface area contributed by atoms with Crippen LogP contribution in [0.4, 0.5) is 5.69 Å². The minimum absolute atomic E-state index is 0.0235. The van der Waals surface area contributed by atoms with Gasteiger partial charge in [0.2, 0.25) is 0 Å². The molecule has 13 heavy (non-hydrogen) atoms. The summed E-state index contributed by atoms with van der Waals surface area (Å²) in [6.45, 7) is 1.70. The standard InChI is InChI=1S/C8H11NO3S/c1-5-6(9)4-7(13-5)8(11)12-3-2-10/h4,10H,2-3,9H2,1H3. The van der Waals surface area contributed by atoms with Gasteiger partial charge in [-0.05, 0) is 13.0 Å². The summed E-state index contributed by atoms with van der Waals surface area (Å²) in [6, 6.07) is 1.58. The van der Waals surface area contributed by atoms with Crippen LogP contribution >= 0.6 is 11.3 Å². The quantitative estimate of drug-likeness (QED) is 0.709. The van der Waals surface area contributed by atoms with Crippen LogP contribution in [0, 0.1) is 6.92 Å². The average Bonchev–Trinajstić information content (AvgIpc) is 2.43. The molecule has 1 aromatic rings. The van der Waals surface area contributed by atoms with Crippen molar-refractivity contribution in [1.82, 2.24) is 0 Å². The van der Waals surface area contributed by atoms with Gasteiger partial charge in [0.15, 0.2) is 0 Å². The molecule has 0 spiro atoms. The Labute approximate surface area is 79.9 Å². The lowest BCUT2D eigenvalue weighted by Crippen LogP contribution is -2.06. The predicted molar refractivity (Wildman–Crippen MR) is 50.8 cm³/mol. The maximum absolute atomic E-state index is 11.2. The van der Waals surface area contributed by atoms with Crippen molar-refractivity contribution in [2.75, 3.05) is 18.9 Å². The summed E-state index contributed by atoms with van der Waals surface area (Å²) >= 11 is 1.29. The molecule has 0 unspecified atom stereocenters. The van der Waals surface area contributed by atoms with Gasteiger partial charge in [-0.15, -0.1) is 11.3 Å². The number of aliphatic hydroxyl groups is 1. The molecule has 1 aromatic heterocycles. The van der Waals surface area contributed by atoms with Crippen LogP contribution < -0.4 is 5.73 Å². The molecule has 0 radical (unpaired) electrons. The van der Waals surface area contributed by atoms with E-state index in [9.17, 15) is 4.79 Å². The largest absolute Gasteiger partial charge is 0.459 e. The second kappa shape index (κ2) is 4.25. The normalized spacial score (nSPS) is 10.0. The SMILES string of the molecule is Cc1sc(C(=O)OCCO)cc1N. The average molecular weight is 201 g/mol. The number of carbonyl (C=O) groups excluding carboxylic acids is 1. The number of nitrogen functional groups attached to an aromatic ring is 1. The van der Waals surface area contributed by atoms with Gasteiger partial charge < -0.3 is 15.6 Å². The molecule has 0 bridgehead atoms. The number of thiophene rings is 1. The van der Waals surface area contributed by atoms with E-state index in [1.807, 2.05) is 6.92 Å². The first-order valence-corrected chi connectivity index (χ1v) is 4.60. The number of rotatable bonds is 3. The molecule has 1 rings (SSSR count). The van der Waals surface area contributed by atoms with Crippen molar-refractivity contribution in [2.45, 2.75) is 6.92 Å². The van der Waals surface area contributed by atoms with E-state index < -0.39 is 5.97 Å².